The Hall–Kier alpha value is -2.23. The van der Waals surface area contributed by atoms with Gasteiger partial charge < -0.3 is 14.7 Å². The lowest BCUT2D eigenvalue weighted by Gasteiger charge is -2.31. The predicted octanol–water partition coefficient (Wildman–Crippen LogP) is 2.51. The van der Waals surface area contributed by atoms with E-state index in [0.29, 0.717) is 13.2 Å². The summed E-state index contributed by atoms with van der Waals surface area (Å²) in [5.41, 5.74) is 0.992. The van der Waals surface area contributed by atoms with Crippen LogP contribution in [-0.2, 0) is 4.79 Å². The van der Waals surface area contributed by atoms with Crippen molar-refractivity contribution in [2.24, 2.45) is 0 Å². The molecule has 0 bridgehead atoms. The summed E-state index contributed by atoms with van der Waals surface area (Å²) >= 11 is 0. The van der Waals surface area contributed by atoms with E-state index in [1.54, 1.807) is 0 Å². The van der Waals surface area contributed by atoms with Gasteiger partial charge in [-0.1, -0.05) is 30.3 Å². The van der Waals surface area contributed by atoms with Crippen LogP contribution in [0, 0.1) is 0 Å². The molecular weight excluding hydrogens is 242 g/mol. The van der Waals surface area contributed by atoms with Crippen LogP contribution in [0.3, 0.4) is 0 Å². The lowest BCUT2D eigenvalue weighted by atomic mass is 10.1. The van der Waals surface area contributed by atoms with Gasteiger partial charge in [-0.15, -0.1) is 0 Å². The molecule has 1 heterocycles. The van der Waals surface area contributed by atoms with Gasteiger partial charge in [0, 0.05) is 11.9 Å². The summed E-state index contributed by atoms with van der Waals surface area (Å²) < 4.78 is 5.78. The molecule has 4 heteroatoms. The number of fused-ring (bicyclic) bond motifs is 3. The van der Waals surface area contributed by atoms with Gasteiger partial charge in [0.15, 0.2) is 0 Å². The smallest absolute Gasteiger partial charge is 0.305 e. The van der Waals surface area contributed by atoms with E-state index in [4.69, 9.17) is 9.84 Å². The third kappa shape index (κ3) is 2.21. The molecule has 0 saturated carbocycles. The number of ether oxygens (including phenoxy) is 1. The minimum atomic E-state index is -0.770. The SMILES string of the molecule is O=C(O)CCN1CCOc2c1ccc1ccccc21. The summed E-state index contributed by atoms with van der Waals surface area (Å²) in [6.07, 6.45) is 0.145. The molecule has 4 nitrogen and oxygen atoms in total. The van der Waals surface area contributed by atoms with Crippen molar-refractivity contribution in [2.45, 2.75) is 6.42 Å². The fraction of sp³-hybridized carbons (Fsp3) is 0.267. The zero-order valence-corrected chi connectivity index (χ0v) is 10.5. The van der Waals surface area contributed by atoms with Crippen LogP contribution in [0.1, 0.15) is 6.42 Å². The monoisotopic (exact) mass is 257 g/mol. The third-order valence-corrected chi connectivity index (χ3v) is 3.40. The van der Waals surface area contributed by atoms with Crippen LogP contribution in [-0.4, -0.2) is 30.8 Å². The Morgan fingerprint density at radius 2 is 2.11 bits per heavy atom. The van der Waals surface area contributed by atoms with E-state index in [1.165, 1.54) is 0 Å². The van der Waals surface area contributed by atoms with Crippen LogP contribution in [0.15, 0.2) is 36.4 Å². The van der Waals surface area contributed by atoms with Gasteiger partial charge in [0.05, 0.1) is 18.7 Å². The third-order valence-electron chi connectivity index (χ3n) is 3.40. The topological polar surface area (TPSA) is 49.8 Å². The van der Waals surface area contributed by atoms with Crippen molar-refractivity contribution in [3.63, 3.8) is 0 Å². The highest BCUT2D eigenvalue weighted by atomic mass is 16.5. The molecule has 1 aliphatic heterocycles. The maximum Gasteiger partial charge on any atom is 0.305 e. The number of hydrogen-bond donors (Lipinski definition) is 1. The molecule has 0 amide bonds. The quantitative estimate of drug-likeness (QED) is 0.918. The summed E-state index contributed by atoms with van der Waals surface area (Å²) in [6, 6.07) is 12.1. The normalized spacial score (nSPS) is 14.0. The van der Waals surface area contributed by atoms with Crippen LogP contribution in [0.2, 0.25) is 0 Å². The first-order chi connectivity index (χ1) is 9.25. The summed E-state index contributed by atoms with van der Waals surface area (Å²) in [4.78, 5) is 12.8. The number of carboxylic acids is 1. The van der Waals surface area contributed by atoms with E-state index >= 15 is 0 Å². The molecule has 0 saturated heterocycles. The first-order valence-corrected chi connectivity index (χ1v) is 6.37. The van der Waals surface area contributed by atoms with Gasteiger partial charge >= 0.3 is 5.97 Å². The number of aliphatic carboxylic acids is 1. The lowest BCUT2D eigenvalue weighted by molar-refractivity contribution is -0.136. The van der Waals surface area contributed by atoms with Crippen LogP contribution in [0.25, 0.3) is 10.8 Å². The molecule has 19 heavy (non-hydrogen) atoms. The van der Waals surface area contributed by atoms with Crippen molar-refractivity contribution in [2.75, 3.05) is 24.6 Å². The summed E-state index contributed by atoms with van der Waals surface area (Å²) in [5, 5.41) is 11.0. The van der Waals surface area contributed by atoms with E-state index in [2.05, 4.69) is 17.0 Å². The number of carboxylic acid groups (broad SMARTS) is 1. The van der Waals surface area contributed by atoms with Crippen molar-refractivity contribution in [1.29, 1.82) is 0 Å². The zero-order chi connectivity index (χ0) is 13.2. The molecule has 0 aliphatic carbocycles. The number of carbonyl (C=O) groups is 1. The Morgan fingerprint density at radius 1 is 1.26 bits per heavy atom. The van der Waals surface area contributed by atoms with Gasteiger partial charge in [-0.3, -0.25) is 4.79 Å². The molecule has 0 radical (unpaired) electrons. The largest absolute Gasteiger partial charge is 0.489 e. The van der Waals surface area contributed by atoms with Crippen molar-refractivity contribution in [1.82, 2.24) is 0 Å². The van der Waals surface area contributed by atoms with Crippen LogP contribution >= 0.6 is 0 Å². The highest BCUT2D eigenvalue weighted by Crippen LogP contribution is 2.38. The number of hydrogen-bond acceptors (Lipinski definition) is 3. The van der Waals surface area contributed by atoms with Gasteiger partial charge in [-0.2, -0.15) is 0 Å². The van der Waals surface area contributed by atoms with Gasteiger partial charge in [-0.05, 0) is 11.5 Å². The maximum atomic E-state index is 10.7. The zero-order valence-electron chi connectivity index (χ0n) is 10.5. The Morgan fingerprint density at radius 3 is 2.95 bits per heavy atom. The van der Waals surface area contributed by atoms with E-state index in [1.807, 2.05) is 24.3 Å². The van der Waals surface area contributed by atoms with Gasteiger partial charge in [-0.25, -0.2) is 0 Å². The maximum absolute atomic E-state index is 10.7. The van der Waals surface area contributed by atoms with Crippen LogP contribution in [0.4, 0.5) is 5.69 Å². The summed E-state index contributed by atoms with van der Waals surface area (Å²) in [6.45, 7) is 1.85. The Balaban J connectivity index is 2.00. The van der Waals surface area contributed by atoms with Crippen molar-refractivity contribution in [3.8, 4) is 5.75 Å². The second kappa shape index (κ2) is 4.80. The molecule has 0 fully saturated rings. The Kier molecular flexibility index (Phi) is 2.99. The first-order valence-electron chi connectivity index (χ1n) is 6.37. The minimum absolute atomic E-state index is 0.145. The highest BCUT2D eigenvalue weighted by molar-refractivity contribution is 5.94. The molecule has 3 rings (SSSR count). The molecule has 1 aliphatic rings. The number of nitrogens with zero attached hydrogens (tertiary/aromatic N) is 1. The van der Waals surface area contributed by atoms with E-state index in [-0.39, 0.29) is 6.42 Å². The fourth-order valence-corrected chi connectivity index (χ4v) is 2.47. The summed E-state index contributed by atoms with van der Waals surface area (Å²) in [7, 11) is 0. The van der Waals surface area contributed by atoms with Gasteiger partial charge in [0.25, 0.3) is 0 Å². The minimum Gasteiger partial charge on any atom is -0.489 e. The molecule has 1 N–H and O–H groups in total. The average molecular weight is 257 g/mol. The molecule has 98 valence electrons. The lowest BCUT2D eigenvalue weighted by Crippen LogP contribution is -2.34. The van der Waals surface area contributed by atoms with E-state index in [9.17, 15) is 4.79 Å². The van der Waals surface area contributed by atoms with Gasteiger partial charge in [0.1, 0.15) is 12.4 Å². The van der Waals surface area contributed by atoms with Crippen molar-refractivity contribution >= 4 is 22.4 Å². The van der Waals surface area contributed by atoms with Crippen molar-refractivity contribution in [3.05, 3.63) is 36.4 Å². The molecule has 0 aromatic heterocycles. The molecule has 0 spiro atoms. The first kappa shape index (κ1) is 11.8. The highest BCUT2D eigenvalue weighted by Gasteiger charge is 2.20. The molecule has 2 aromatic rings. The standard InChI is InChI=1S/C15H15NO3/c17-14(18)7-8-16-9-10-19-15-12-4-2-1-3-11(12)5-6-13(15)16/h1-6H,7-10H2,(H,17,18). The predicted molar refractivity (Wildman–Crippen MR) is 73.9 cm³/mol. The second-order valence-corrected chi connectivity index (χ2v) is 4.61. The average Bonchev–Trinajstić information content (AvgIpc) is 2.44. The van der Waals surface area contributed by atoms with Crippen molar-refractivity contribution < 1.29 is 14.6 Å². The number of rotatable bonds is 3. The van der Waals surface area contributed by atoms with E-state index < -0.39 is 5.97 Å². The Bertz CT molecular complexity index is 624. The molecular formula is C15H15NO3. The second-order valence-electron chi connectivity index (χ2n) is 4.61. The molecule has 0 atom stereocenters. The fourth-order valence-electron chi connectivity index (χ4n) is 2.47. The molecule has 0 unspecified atom stereocenters. The van der Waals surface area contributed by atoms with Gasteiger partial charge in [0.2, 0.25) is 0 Å². The van der Waals surface area contributed by atoms with Crippen LogP contribution in [0.5, 0.6) is 5.75 Å². The molecule has 2 aromatic carbocycles. The summed E-state index contributed by atoms with van der Waals surface area (Å²) in [5.74, 6) is 0.101. The number of anilines is 1. The number of benzene rings is 2. The Labute approximate surface area is 111 Å². The van der Waals surface area contributed by atoms with E-state index in [0.717, 1.165) is 28.8 Å². The van der Waals surface area contributed by atoms with Crippen LogP contribution < -0.4 is 9.64 Å².